The van der Waals surface area contributed by atoms with Crippen LogP contribution in [0.15, 0.2) is 22.7 Å². The molecule has 0 radical (unpaired) electrons. The number of methoxy groups -OCH3 is 1. The third-order valence-corrected chi connectivity index (χ3v) is 3.33. The van der Waals surface area contributed by atoms with Crippen LogP contribution in [-0.4, -0.2) is 37.0 Å². The number of ether oxygens (including phenoxy) is 1. The Kier molecular flexibility index (Phi) is 5.95. The van der Waals surface area contributed by atoms with E-state index in [0.29, 0.717) is 11.0 Å². The molecule has 1 rings (SSSR count). The zero-order valence-electron chi connectivity index (χ0n) is 10.8. The van der Waals surface area contributed by atoms with Crippen molar-refractivity contribution in [2.75, 3.05) is 20.2 Å². The number of rotatable bonds is 5. The van der Waals surface area contributed by atoms with Crippen molar-refractivity contribution in [2.45, 2.75) is 13.3 Å². The van der Waals surface area contributed by atoms with E-state index in [2.05, 4.69) is 20.7 Å². The second-order valence-corrected chi connectivity index (χ2v) is 4.69. The summed E-state index contributed by atoms with van der Waals surface area (Å²) < 4.78 is 18.2. The van der Waals surface area contributed by atoms with E-state index in [1.807, 2.05) is 0 Å². The van der Waals surface area contributed by atoms with Crippen molar-refractivity contribution in [2.24, 2.45) is 0 Å². The van der Waals surface area contributed by atoms with Crippen LogP contribution in [0, 0.1) is 5.82 Å². The van der Waals surface area contributed by atoms with E-state index in [4.69, 9.17) is 0 Å². The molecule has 6 heteroatoms. The summed E-state index contributed by atoms with van der Waals surface area (Å²) in [6.45, 7) is 2.46. The van der Waals surface area contributed by atoms with E-state index in [1.165, 1.54) is 30.2 Å². The minimum atomic E-state index is -0.476. The van der Waals surface area contributed by atoms with Crippen molar-refractivity contribution in [1.29, 1.82) is 0 Å². The molecule has 0 aliphatic carbocycles. The van der Waals surface area contributed by atoms with Crippen LogP contribution in [0.5, 0.6) is 0 Å². The van der Waals surface area contributed by atoms with E-state index < -0.39 is 5.82 Å². The molecule has 0 saturated heterocycles. The number of carbonyl (C=O) groups excluding carboxylic acids is 2. The second-order valence-electron chi connectivity index (χ2n) is 3.84. The molecule has 0 aromatic heterocycles. The highest BCUT2D eigenvalue weighted by atomic mass is 79.9. The van der Waals surface area contributed by atoms with Crippen LogP contribution in [0.1, 0.15) is 23.7 Å². The highest BCUT2D eigenvalue weighted by Crippen LogP contribution is 2.19. The average Bonchev–Trinajstić information content (AvgIpc) is 2.41. The Hall–Kier alpha value is -1.43. The Morgan fingerprint density at radius 3 is 2.68 bits per heavy atom. The predicted octanol–water partition coefficient (Wildman–Crippen LogP) is 2.61. The number of hydrogen-bond donors (Lipinski definition) is 0. The Bertz CT molecular complexity index is 479. The number of halogens is 2. The number of hydrogen-bond acceptors (Lipinski definition) is 3. The SMILES string of the molecule is CCN(CCC(=O)OC)C(=O)c1cc(F)ccc1Br. The summed E-state index contributed by atoms with van der Waals surface area (Å²) >= 11 is 3.22. The van der Waals surface area contributed by atoms with Crippen LogP contribution in [0.4, 0.5) is 4.39 Å². The largest absolute Gasteiger partial charge is 0.469 e. The molecule has 0 N–H and O–H groups in total. The zero-order chi connectivity index (χ0) is 14.4. The van der Waals surface area contributed by atoms with Gasteiger partial charge in [0.05, 0.1) is 19.1 Å². The maximum Gasteiger partial charge on any atom is 0.307 e. The number of amides is 1. The fraction of sp³-hybridized carbons (Fsp3) is 0.385. The van der Waals surface area contributed by atoms with Crippen molar-refractivity contribution in [1.82, 2.24) is 4.90 Å². The maximum atomic E-state index is 13.2. The van der Waals surface area contributed by atoms with E-state index in [0.717, 1.165) is 0 Å². The lowest BCUT2D eigenvalue weighted by molar-refractivity contribution is -0.140. The van der Waals surface area contributed by atoms with Gasteiger partial charge in [0.25, 0.3) is 5.91 Å². The Morgan fingerprint density at radius 2 is 2.11 bits per heavy atom. The van der Waals surface area contributed by atoms with Gasteiger partial charge in [-0.05, 0) is 41.1 Å². The first-order valence-corrected chi connectivity index (χ1v) is 6.60. The number of benzene rings is 1. The van der Waals surface area contributed by atoms with Crippen LogP contribution in [-0.2, 0) is 9.53 Å². The summed E-state index contributed by atoms with van der Waals surface area (Å²) in [5, 5.41) is 0. The van der Waals surface area contributed by atoms with Crippen LogP contribution in [0.2, 0.25) is 0 Å². The molecule has 4 nitrogen and oxygen atoms in total. The molecule has 0 bridgehead atoms. The molecule has 0 heterocycles. The fourth-order valence-electron chi connectivity index (χ4n) is 1.56. The van der Waals surface area contributed by atoms with E-state index >= 15 is 0 Å². The van der Waals surface area contributed by atoms with Crippen LogP contribution < -0.4 is 0 Å². The highest BCUT2D eigenvalue weighted by Gasteiger charge is 2.18. The fourth-order valence-corrected chi connectivity index (χ4v) is 1.98. The quantitative estimate of drug-likeness (QED) is 0.779. The molecule has 0 aliphatic rings. The maximum absolute atomic E-state index is 13.2. The first kappa shape index (κ1) is 15.6. The molecule has 0 spiro atoms. The average molecular weight is 332 g/mol. The lowest BCUT2D eigenvalue weighted by atomic mass is 10.2. The molecule has 0 saturated carbocycles. The van der Waals surface area contributed by atoms with Crippen molar-refractivity contribution in [3.8, 4) is 0 Å². The predicted molar refractivity (Wildman–Crippen MR) is 72.3 cm³/mol. The highest BCUT2D eigenvalue weighted by molar-refractivity contribution is 9.10. The lowest BCUT2D eigenvalue weighted by Crippen LogP contribution is -2.33. The molecule has 1 aromatic carbocycles. The number of nitrogens with zero attached hydrogens (tertiary/aromatic N) is 1. The van der Waals surface area contributed by atoms with E-state index in [9.17, 15) is 14.0 Å². The van der Waals surface area contributed by atoms with Gasteiger partial charge in [0.1, 0.15) is 5.82 Å². The second kappa shape index (κ2) is 7.23. The van der Waals surface area contributed by atoms with Crippen LogP contribution in [0.3, 0.4) is 0 Å². The summed E-state index contributed by atoms with van der Waals surface area (Å²) in [6.07, 6.45) is 0.114. The molecule has 1 aromatic rings. The Balaban J connectivity index is 2.83. The zero-order valence-corrected chi connectivity index (χ0v) is 12.4. The lowest BCUT2D eigenvalue weighted by Gasteiger charge is -2.21. The minimum Gasteiger partial charge on any atom is -0.469 e. The summed E-state index contributed by atoms with van der Waals surface area (Å²) in [7, 11) is 1.30. The van der Waals surface area contributed by atoms with E-state index in [-0.39, 0.29) is 30.4 Å². The molecule has 0 atom stereocenters. The van der Waals surface area contributed by atoms with Crippen molar-refractivity contribution in [3.63, 3.8) is 0 Å². The van der Waals surface area contributed by atoms with Crippen LogP contribution in [0.25, 0.3) is 0 Å². The van der Waals surface area contributed by atoms with Gasteiger partial charge in [0, 0.05) is 17.6 Å². The third kappa shape index (κ3) is 4.31. The molecular weight excluding hydrogens is 317 g/mol. The van der Waals surface area contributed by atoms with Gasteiger partial charge in [0.15, 0.2) is 0 Å². The van der Waals surface area contributed by atoms with Crippen molar-refractivity contribution < 1.29 is 18.7 Å². The molecule has 0 unspecified atom stereocenters. The summed E-state index contributed by atoms with van der Waals surface area (Å²) in [5.41, 5.74) is 0.242. The van der Waals surface area contributed by atoms with Gasteiger partial charge in [-0.2, -0.15) is 0 Å². The van der Waals surface area contributed by atoms with Crippen LogP contribution >= 0.6 is 15.9 Å². The van der Waals surface area contributed by atoms with E-state index in [1.54, 1.807) is 6.92 Å². The van der Waals surface area contributed by atoms with Gasteiger partial charge in [-0.3, -0.25) is 9.59 Å². The molecule has 1 amide bonds. The minimum absolute atomic E-state index is 0.114. The number of carbonyl (C=O) groups is 2. The molecule has 0 fully saturated rings. The molecule has 19 heavy (non-hydrogen) atoms. The Morgan fingerprint density at radius 1 is 1.42 bits per heavy atom. The van der Waals surface area contributed by atoms with Crippen molar-refractivity contribution in [3.05, 3.63) is 34.1 Å². The number of esters is 1. The topological polar surface area (TPSA) is 46.6 Å². The summed E-state index contributed by atoms with van der Waals surface area (Å²) in [5.74, 6) is -1.18. The van der Waals surface area contributed by atoms with Gasteiger partial charge >= 0.3 is 5.97 Å². The van der Waals surface area contributed by atoms with Gasteiger partial charge < -0.3 is 9.64 Å². The smallest absolute Gasteiger partial charge is 0.307 e. The van der Waals surface area contributed by atoms with Gasteiger partial charge in [0.2, 0.25) is 0 Å². The molecule has 0 aliphatic heterocycles. The molecular formula is C13H15BrFNO3. The van der Waals surface area contributed by atoms with Gasteiger partial charge in [-0.1, -0.05) is 0 Å². The standard InChI is InChI=1S/C13H15BrFNO3/c1-3-16(7-6-12(17)19-2)13(18)10-8-9(15)4-5-11(10)14/h4-5,8H,3,6-7H2,1-2H3. The monoisotopic (exact) mass is 331 g/mol. The van der Waals surface area contributed by atoms with Crippen molar-refractivity contribution >= 4 is 27.8 Å². The van der Waals surface area contributed by atoms with Gasteiger partial charge in [-0.15, -0.1) is 0 Å². The summed E-state index contributed by atoms with van der Waals surface area (Å²) in [4.78, 5) is 24.8. The van der Waals surface area contributed by atoms with Gasteiger partial charge in [-0.25, -0.2) is 4.39 Å². The first-order valence-electron chi connectivity index (χ1n) is 5.80. The first-order chi connectivity index (χ1) is 8.99. The Labute approximate surface area is 119 Å². The normalized spacial score (nSPS) is 10.1. The third-order valence-electron chi connectivity index (χ3n) is 2.64. The molecule has 104 valence electrons. The summed E-state index contributed by atoms with van der Waals surface area (Å²) in [6, 6.07) is 3.93.